The lowest BCUT2D eigenvalue weighted by molar-refractivity contribution is 1.36. The Labute approximate surface area is 44.5 Å². The maximum Gasteiger partial charge on any atom is -0.00268 e. The quantitative estimate of drug-likeness (QED) is 0.432. The Morgan fingerprint density at radius 2 is 2.00 bits per heavy atom. The van der Waals surface area contributed by atoms with Gasteiger partial charge in [0.2, 0.25) is 0 Å². The molecule has 1 saturated carbocycles. The summed E-state index contributed by atoms with van der Waals surface area (Å²) >= 11 is 0. The molecule has 38 valence electrons. The number of hydrogen-bond acceptors (Lipinski definition) is 0. The van der Waals surface area contributed by atoms with Gasteiger partial charge in [0.05, 0.1) is 0 Å². The summed E-state index contributed by atoms with van der Waals surface area (Å²) in [6.07, 6.45) is 1.17. The van der Waals surface area contributed by atoms with Gasteiger partial charge in [0.25, 0.3) is 0 Å². The maximum atomic E-state index is 3.81. The van der Waals surface area contributed by atoms with Crippen molar-refractivity contribution in [2.45, 2.75) is 20.3 Å². The summed E-state index contributed by atoms with van der Waals surface area (Å²) in [6, 6.07) is 0. The Morgan fingerprint density at radius 3 is 2.00 bits per heavy atom. The minimum Gasteiger partial charge on any atom is -0.0952 e. The molecule has 1 aliphatic carbocycles. The van der Waals surface area contributed by atoms with Gasteiger partial charge in [-0.05, 0) is 31.4 Å². The third-order valence-electron chi connectivity index (χ3n) is 1.30. The molecule has 0 amide bonds. The zero-order valence-electron chi connectivity index (χ0n) is 4.91. The van der Waals surface area contributed by atoms with Crippen LogP contribution in [-0.2, 0) is 0 Å². The van der Waals surface area contributed by atoms with E-state index in [1.807, 2.05) is 0 Å². The van der Waals surface area contributed by atoms with Crippen molar-refractivity contribution in [1.82, 2.24) is 0 Å². The van der Waals surface area contributed by atoms with Crippen molar-refractivity contribution in [2.24, 2.45) is 0 Å². The van der Waals surface area contributed by atoms with E-state index in [0.29, 0.717) is 0 Å². The molecule has 0 aromatic heterocycles. The summed E-state index contributed by atoms with van der Waals surface area (Å²) in [5.41, 5.74) is 4.25. The molecule has 0 unspecified atom stereocenters. The third kappa shape index (κ3) is 0.738. The van der Waals surface area contributed by atoms with E-state index in [0.717, 1.165) is 0 Å². The van der Waals surface area contributed by atoms with Crippen LogP contribution in [0.15, 0.2) is 23.3 Å². The van der Waals surface area contributed by atoms with Crippen molar-refractivity contribution in [3.05, 3.63) is 23.3 Å². The number of rotatable bonds is 0. The molecule has 0 aromatic carbocycles. The lowest BCUT2D eigenvalue weighted by atomic mass is 10.3. The molecule has 0 atom stereocenters. The second-order valence-electron chi connectivity index (χ2n) is 2.26. The molecule has 0 nitrogen and oxygen atoms in total. The van der Waals surface area contributed by atoms with Gasteiger partial charge in [-0.25, -0.2) is 0 Å². The Balaban J connectivity index is 2.78. The normalized spacial score (nSPS) is 17.4. The maximum absolute atomic E-state index is 3.81. The van der Waals surface area contributed by atoms with E-state index >= 15 is 0 Å². The molecule has 0 N–H and O–H groups in total. The first kappa shape index (κ1) is 4.63. The highest BCUT2D eigenvalue weighted by atomic mass is 14.2. The minimum absolute atomic E-state index is 1.17. The lowest BCUT2D eigenvalue weighted by Crippen LogP contribution is -1.56. The summed E-state index contributed by atoms with van der Waals surface area (Å²) in [5.74, 6) is 0. The molecule has 0 spiro atoms. The second-order valence-corrected chi connectivity index (χ2v) is 2.26. The van der Waals surface area contributed by atoms with Crippen molar-refractivity contribution in [3.63, 3.8) is 0 Å². The smallest absolute Gasteiger partial charge is 0.00268 e. The predicted octanol–water partition coefficient (Wildman–Crippen LogP) is 2.28. The lowest BCUT2D eigenvalue weighted by Gasteiger charge is -1.77. The van der Waals surface area contributed by atoms with Crippen LogP contribution in [0.5, 0.6) is 0 Å². The van der Waals surface area contributed by atoms with Gasteiger partial charge in [0.1, 0.15) is 0 Å². The Kier molecular flexibility index (Phi) is 0.810. The van der Waals surface area contributed by atoms with Crippen LogP contribution in [0.2, 0.25) is 0 Å². The van der Waals surface area contributed by atoms with Crippen LogP contribution in [0, 0.1) is 0 Å². The zero-order valence-corrected chi connectivity index (χ0v) is 4.91. The van der Waals surface area contributed by atoms with Crippen LogP contribution in [0.1, 0.15) is 20.3 Å². The van der Waals surface area contributed by atoms with Gasteiger partial charge < -0.3 is 0 Å². The van der Waals surface area contributed by atoms with Gasteiger partial charge in [-0.3, -0.25) is 0 Å². The van der Waals surface area contributed by atoms with Gasteiger partial charge in [-0.15, -0.1) is 0 Å². The molecule has 0 bridgehead atoms. The second kappa shape index (κ2) is 1.22. The van der Waals surface area contributed by atoms with E-state index < -0.39 is 0 Å². The average Bonchev–Trinajstić information content (AvgIpc) is 2.17. The predicted molar refractivity (Wildman–Crippen MR) is 32.1 cm³/mol. The fourth-order valence-electron chi connectivity index (χ4n) is 0.700. The van der Waals surface area contributed by atoms with E-state index in [2.05, 4.69) is 20.4 Å². The molecule has 0 radical (unpaired) electrons. The van der Waals surface area contributed by atoms with Crippen molar-refractivity contribution in [2.75, 3.05) is 0 Å². The fraction of sp³-hybridized carbons (Fsp3) is 0.429. The van der Waals surface area contributed by atoms with E-state index in [-0.39, 0.29) is 0 Å². The molecule has 0 heteroatoms. The average molecular weight is 94.2 g/mol. The molecule has 0 heterocycles. The molecule has 7 heavy (non-hydrogen) atoms. The summed E-state index contributed by atoms with van der Waals surface area (Å²) < 4.78 is 0. The van der Waals surface area contributed by atoms with Crippen LogP contribution in [0.25, 0.3) is 0 Å². The standard InChI is InChI=1S/C7H10/c1-5(2)7-4-6(7)3/h3-4H2,1-2H3. The third-order valence-corrected chi connectivity index (χ3v) is 1.30. The van der Waals surface area contributed by atoms with Crippen LogP contribution in [0.3, 0.4) is 0 Å². The summed E-state index contributed by atoms with van der Waals surface area (Å²) in [6.45, 7) is 8.08. The Hall–Kier alpha value is -0.520. The summed E-state index contributed by atoms with van der Waals surface area (Å²) in [7, 11) is 0. The molecule has 1 aliphatic rings. The van der Waals surface area contributed by atoms with E-state index in [1.165, 1.54) is 23.1 Å². The van der Waals surface area contributed by atoms with Crippen molar-refractivity contribution in [3.8, 4) is 0 Å². The highest BCUT2D eigenvalue weighted by Crippen LogP contribution is 2.37. The fourth-order valence-corrected chi connectivity index (χ4v) is 0.700. The zero-order chi connectivity index (χ0) is 5.44. The number of allylic oxidation sites excluding steroid dienone is 3. The van der Waals surface area contributed by atoms with Crippen LogP contribution < -0.4 is 0 Å². The van der Waals surface area contributed by atoms with Crippen molar-refractivity contribution >= 4 is 0 Å². The van der Waals surface area contributed by atoms with Crippen molar-refractivity contribution < 1.29 is 0 Å². The van der Waals surface area contributed by atoms with Gasteiger partial charge in [-0.1, -0.05) is 12.2 Å². The van der Waals surface area contributed by atoms with Crippen molar-refractivity contribution in [1.29, 1.82) is 0 Å². The van der Waals surface area contributed by atoms with Gasteiger partial charge in [0, 0.05) is 0 Å². The van der Waals surface area contributed by atoms with E-state index in [1.54, 1.807) is 0 Å². The van der Waals surface area contributed by atoms with Crippen LogP contribution >= 0.6 is 0 Å². The number of hydrogen-bond donors (Lipinski definition) is 0. The summed E-state index contributed by atoms with van der Waals surface area (Å²) in [5, 5.41) is 0. The SMILES string of the molecule is C=C1CC1=C(C)C. The molecular formula is C7H10. The van der Waals surface area contributed by atoms with Crippen LogP contribution in [-0.4, -0.2) is 0 Å². The topological polar surface area (TPSA) is 0 Å². The highest BCUT2D eigenvalue weighted by Gasteiger charge is 2.18. The molecule has 1 fully saturated rings. The van der Waals surface area contributed by atoms with E-state index in [4.69, 9.17) is 0 Å². The Morgan fingerprint density at radius 1 is 1.57 bits per heavy atom. The Bertz CT molecular complexity index is 134. The van der Waals surface area contributed by atoms with Gasteiger partial charge in [-0.2, -0.15) is 0 Å². The largest absolute Gasteiger partial charge is 0.0952 e. The molecule has 0 aliphatic heterocycles. The summed E-state index contributed by atoms with van der Waals surface area (Å²) in [4.78, 5) is 0. The highest BCUT2D eigenvalue weighted by molar-refractivity contribution is 5.50. The molecule has 0 saturated heterocycles. The molecule has 0 aromatic rings. The molecular weight excluding hydrogens is 84.1 g/mol. The van der Waals surface area contributed by atoms with Gasteiger partial charge in [0.15, 0.2) is 0 Å². The minimum atomic E-state index is 1.17. The first-order valence-electron chi connectivity index (χ1n) is 2.56. The van der Waals surface area contributed by atoms with Crippen LogP contribution in [0.4, 0.5) is 0 Å². The molecule has 1 rings (SSSR count). The van der Waals surface area contributed by atoms with E-state index in [9.17, 15) is 0 Å². The first-order valence-corrected chi connectivity index (χ1v) is 2.56. The first-order chi connectivity index (χ1) is 3.22. The monoisotopic (exact) mass is 94.1 g/mol. The van der Waals surface area contributed by atoms with Gasteiger partial charge >= 0.3 is 0 Å².